The second-order valence-corrected chi connectivity index (χ2v) is 11.8. The Bertz CT molecular complexity index is 1250. The summed E-state index contributed by atoms with van der Waals surface area (Å²) in [5, 5.41) is 9.67. The molecule has 8 nitrogen and oxygen atoms in total. The van der Waals surface area contributed by atoms with Crippen LogP contribution >= 0.6 is 0 Å². The molecule has 2 aromatic rings. The van der Waals surface area contributed by atoms with Crippen LogP contribution in [0.2, 0.25) is 0 Å². The molecule has 5 unspecified atom stereocenters. The van der Waals surface area contributed by atoms with E-state index in [1.807, 2.05) is 4.90 Å². The quantitative estimate of drug-likeness (QED) is 0.386. The van der Waals surface area contributed by atoms with Crippen molar-refractivity contribution in [1.82, 2.24) is 14.9 Å². The van der Waals surface area contributed by atoms with E-state index < -0.39 is 29.8 Å². The van der Waals surface area contributed by atoms with Gasteiger partial charge in [-0.2, -0.15) is 23.1 Å². The van der Waals surface area contributed by atoms with Crippen molar-refractivity contribution in [2.75, 3.05) is 50.5 Å². The Hall–Kier alpha value is -2.77. The second kappa shape index (κ2) is 12.5. The highest BCUT2D eigenvalue weighted by Gasteiger charge is 2.41. The zero-order chi connectivity index (χ0) is 30.2. The van der Waals surface area contributed by atoms with Gasteiger partial charge in [-0.05, 0) is 61.8 Å². The molecule has 4 aliphatic heterocycles. The maximum atomic E-state index is 14.3. The lowest BCUT2D eigenvalue weighted by Gasteiger charge is -2.38. The molecule has 13 heteroatoms. The normalized spacial score (nSPS) is 27.7. The van der Waals surface area contributed by atoms with Gasteiger partial charge in [-0.3, -0.25) is 4.90 Å². The molecule has 0 bridgehead atoms. The summed E-state index contributed by atoms with van der Waals surface area (Å²) < 4.78 is 78.8. The Morgan fingerprint density at radius 2 is 1.95 bits per heavy atom. The minimum Gasteiger partial charge on any atom is -0.467 e. The van der Waals surface area contributed by atoms with Gasteiger partial charge in [0.1, 0.15) is 17.8 Å². The second-order valence-electron chi connectivity index (χ2n) is 11.8. The maximum Gasteiger partial charge on any atom is 0.419 e. The van der Waals surface area contributed by atoms with Crippen LogP contribution in [-0.2, 0) is 23.9 Å². The summed E-state index contributed by atoms with van der Waals surface area (Å²) in [5.74, 6) is -0.470. The van der Waals surface area contributed by atoms with E-state index in [1.165, 1.54) is 20.0 Å². The topological polar surface area (TPSA) is 97.0 Å². The van der Waals surface area contributed by atoms with E-state index in [0.717, 1.165) is 25.5 Å². The molecule has 232 valence electrons. The van der Waals surface area contributed by atoms with Crippen molar-refractivity contribution in [3.63, 3.8) is 0 Å². The third kappa shape index (κ3) is 6.57. The lowest BCUT2D eigenvalue weighted by Crippen LogP contribution is -2.42. The Kier molecular flexibility index (Phi) is 9.10. The van der Waals surface area contributed by atoms with Crippen LogP contribution in [0.15, 0.2) is 12.1 Å². The van der Waals surface area contributed by atoms with Crippen LogP contribution in [0.4, 0.5) is 33.5 Å². The predicted octanol–water partition coefficient (Wildman–Crippen LogP) is 4.69. The molecule has 3 fully saturated rings. The smallest absolute Gasteiger partial charge is 0.419 e. The SMILES string of the molecule is COc1nc2c(c(N3CC(C)CC(CO)C3)n1)COC(c1cc(N)cc(F)c1C(F)(F)F)C2.FC1CC2CCCN2C1. The van der Waals surface area contributed by atoms with E-state index in [-0.39, 0.29) is 42.8 Å². The molecule has 6 rings (SSSR count). The fraction of sp³-hybridized carbons (Fsp3) is 0.655. The third-order valence-electron chi connectivity index (χ3n) is 8.58. The Balaban J connectivity index is 0.000000330. The van der Waals surface area contributed by atoms with E-state index >= 15 is 0 Å². The first kappa shape index (κ1) is 30.7. The number of alkyl halides is 4. The summed E-state index contributed by atoms with van der Waals surface area (Å²) in [6.45, 7) is 5.21. The molecule has 0 radical (unpaired) electrons. The summed E-state index contributed by atoms with van der Waals surface area (Å²) in [5.41, 5.74) is 4.89. The Labute approximate surface area is 242 Å². The van der Waals surface area contributed by atoms with Crippen LogP contribution in [0.5, 0.6) is 6.01 Å². The van der Waals surface area contributed by atoms with Crippen LogP contribution in [0, 0.1) is 17.7 Å². The molecule has 0 amide bonds. The number of piperidine rings is 1. The Morgan fingerprint density at radius 1 is 1.17 bits per heavy atom. The van der Waals surface area contributed by atoms with Crippen molar-refractivity contribution in [1.29, 1.82) is 0 Å². The minimum absolute atomic E-state index is 0.0278. The number of aliphatic hydroxyl groups excluding tert-OH is 1. The van der Waals surface area contributed by atoms with Crippen LogP contribution in [0.3, 0.4) is 0 Å². The summed E-state index contributed by atoms with van der Waals surface area (Å²) in [7, 11) is 1.41. The van der Waals surface area contributed by atoms with E-state index in [4.69, 9.17) is 15.2 Å². The van der Waals surface area contributed by atoms with Gasteiger partial charge in [0.05, 0.1) is 31.1 Å². The van der Waals surface area contributed by atoms with Crippen molar-refractivity contribution in [2.24, 2.45) is 11.8 Å². The number of aliphatic hydroxyl groups is 1. The average molecular weight is 600 g/mol. The number of fused-ring (bicyclic) bond motifs is 2. The number of hydrogen-bond donors (Lipinski definition) is 2. The first-order valence-electron chi connectivity index (χ1n) is 14.4. The molecule has 4 aliphatic rings. The van der Waals surface area contributed by atoms with Crippen LogP contribution < -0.4 is 15.4 Å². The third-order valence-corrected chi connectivity index (χ3v) is 8.58. The van der Waals surface area contributed by atoms with Crippen molar-refractivity contribution >= 4 is 11.5 Å². The predicted molar refractivity (Wildman–Crippen MR) is 146 cm³/mol. The number of halogens is 5. The maximum absolute atomic E-state index is 14.3. The Morgan fingerprint density at radius 3 is 2.64 bits per heavy atom. The van der Waals surface area contributed by atoms with Crippen molar-refractivity contribution in [3.05, 3.63) is 40.3 Å². The van der Waals surface area contributed by atoms with Crippen molar-refractivity contribution < 1.29 is 36.5 Å². The average Bonchev–Trinajstić information content (AvgIpc) is 3.51. The van der Waals surface area contributed by atoms with Gasteiger partial charge in [-0.1, -0.05) is 6.92 Å². The number of nitrogen functional groups attached to an aromatic ring is 1. The molecule has 0 spiro atoms. The van der Waals surface area contributed by atoms with Gasteiger partial charge in [0, 0.05) is 50.0 Å². The molecule has 3 saturated heterocycles. The fourth-order valence-corrected chi connectivity index (χ4v) is 6.80. The molecule has 1 aromatic heterocycles. The summed E-state index contributed by atoms with van der Waals surface area (Å²) in [6, 6.07) is 2.44. The highest BCUT2D eigenvalue weighted by molar-refractivity contribution is 5.53. The first-order chi connectivity index (χ1) is 20.0. The minimum atomic E-state index is -4.91. The lowest BCUT2D eigenvalue weighted by molar-refractivity contribution is -0.142. The standard InChI is InChI=1S/C22H26F4N4O3.C7H12FN/c1-11-3-12(9-31)8-30(7-11)20-15-10-33-18(6-17(15)28-21(29-20)32-2)14-4-13(27)5-16(23)19(14)22(24,25)26;8-6-4-7-2-1-3-9(7)5-6/h4-5,11-12,18,31H,3,6-10,27H2,1-2H3;6-7H,1-5H2. The van der Waals surface area contributed by atoms with Gasteiger partial charge < -0.3 is 25.2 Å². The van der Waals surface area contributed by atoms with Crippen LogP contribution in [-0.4, -0.2) is 72.1 Å². The van der Waals surface area contributed by atoms with E-state index in [1.54, 1.807) is 0 Å². The number of anilines is 2. The molecule has 42 heavy (non-hydrogen) atoms. The van der Waals surface area contributed by atoms with Gasteiger partial charge in [-0.25, -0.2) is 8.78 Å². The number of hydrogen-bond acceptors (Lipinski definition) is 8. The fourth-order valence-electron chi connectivity index (χ4n) is 6.80. The van der Waals surface area contributed by atoms with E-state index in [2.05, 4.69) is 21.8 Å². The molecule has 1 aromatic carbocycles. The number of benzene rings is 1. The van der Waals surface area contributed by atoms with Crippen molar-refractivity contribution in [2.45, 2.75) is 70.1 Å². The number of nitrogens with zero attached hydrogens (tertiary/aromatic N) is 4. The molecule has 0 aliphatic carbocycles. The van der Waals surface area contributed by atoms with E-state index in [9.17, 15) is 27.1 Å². The summed E-state index contributed by atoms with van der Waals surface area (Å²) in [6.07, 6.45) is -2.33. The monoisotopic (exact) mass is 599 g/mol. The molecular formula is C29H38F5N5O3. The number of methoxy groups -OCH3 is 1. The zero-order valence-electron chi connectivity index (χ0n) is 23.8. The molecule has 3 N–H and O–H groups in total. The number of aromatic nitrogens is 2. The number of ether oxygens (including phenoxy) is 2. The lowest BCUT2D eigenvalue weighted by atomic mass is 9.90. The van der Waals surface area contributed by atoms with Gasteiger partial charge in [0.2, 0.25) is 0 Å². The van der Waals surface area contributed by atoms with Crippen LogP contribution in [0.25, 0.3) is 0 Å². The van der Waals surface area contributed by atoms with Gasteiger partial charge in [0.25, 0.3) is 0 Å². The highest BCUT2D eigenvalue weighted by atomic mass is 19.4. The van der Waals surface area contributed by atoms with Crippen LogP contribution in [0.1, 0.15) is 61.1 Å². The van der Waals surface area contributed by atoms with Gasteiger partial charge >= 0.3 is 12.2 Å². The summed E-state index contributed by atoms with van der Waals surface area (Å²) in [4.78, 5) is 13.2. The zero-order valence-corrected chi connectivity index (χ0v) is 23.8. The van der Waals surface area contributed by atoms with E-state index in [0.29, 0.717) is 54.7 Å². The molecule has 5 heterocycles. The number of rotatable bonds is 4. The van der Waals surface area contributed by atoms with Gasteiger partial charge in [0.15, 0.2) is 0 Å². The molecular weight excluding hydrogens is 561 g/mol. The van der Waals surface area contributed by atoms with Gasteiger partial charge in [-0.15, -0.1) is 0 Å². The largest absolute Gasteiger partial charge is 0.467 e. The summed E-state index contributed by atoms with van der Waals surface area (Å²) >= 11 is 0. The number of nitrogens with two attached hydrogens (primary N) is 1. The first-order valence-corrected chi connectivity index (χ1v) is 14.4. The van der Waals surface area contributed by atoms with Crippen molar-refractivity contribution in [3.8, 4) is 6.01 Å². The molecule has 5 atom stereocenters. The highest BCUT2D eigenvalue weighted by Crippen LogP contribution is 2.43. The molecule has 0 saturated carbocycles.